The van der Waals surface area contributed by atoms with E-state index in [9.17, 15) is 9.59 Å². The molecule has 0 aliphatic heterocycles. The van der Waals surface area contributed by atoms with Gasteiger partial charge in [-0.2, -0.15) is 0 Å². The lowest BCUT2D eigenvalue weighted by Gasteiger charge is -2.14. The molecule has 0 spiro atoms. The number of carbonyl (C=O) groups is 2. The normalized spacial score (nSPS) is 10.7. The Morgan fingerprint density at radius 3 is 2.30 bits per heavy atom. The summed E-state index contributed by atoms with van der Waals surface area (Å²) in [4.78, 5) is 29.8. The monoisotopic (exact) mass is 442 g/mol. The van der Waals surface area contributed by atoms with E-state index in [1.165, 1.54) is 11.3 Å². The molecule has 0 saturated heterocycles. The summed E-state index contributed by atoms with van der Waals surface area (Å²) in [6.07, 6.45) is 1.60. The minimum Gasteiger partial charge on any atom is -0.451 e. The number of anilines is 1. The smallest absolute Gasteiger partial charge is 0.350 e. The summed E-state index contributed by atoms with van der Waals surface area (Å²) in [6, 6.07) is 13.2. The Morgan fingerprint density at radius 2 is 1.70 bits per heavy atom. The summed E-state index contributed by atoms with van der Waals surface area (Å²) in [5.74, 6) is -0.918. The zero-order valence-electron chi connectivity index (χ0n) is 17.1. The number of aryl methyl sites for hydroxylation is 3. The standard InChI is InChI=1S/C23H23ClN2O3S/c1-4-15-7-6-8-16(5-2)20(15)26-19(27)13-29-23(28)21-14(3)25-22(30-21)17-9-11-18(24)12-10-17/h6-12H,4-5,13H2,1-3H3,(H,26,27). The fraction of sp³-hybridized carbons (Fsp3) is 0.261. The van der Waals surface area contributed by atoms with Crippen LogP contribution in [-0.4, -0.2) is 23.5 Å². The fourth-order valence-electron chi connectivity index (χ4n) is 3.08. The van der Waals surface area contributed by atoms with Gasteiger partial charge in [0.15, 0.2) is 6.61 Å². The first-order valence-corrected chi connectivity index (χ1v) is 10.9. The Hall–Kier alpha value is -2.70. The van der Waals surface area contributed by atoms with Crippen LogP contribution in [0.2, 0.25) is 5.02 Å². The number of esters is 1. The molecular formula is C23H23ClN2O3S. The van der Waals surface area contributed by atoms with E-state index in [4.69, 9.17) is 16.3 Å². The molecule has 7 heteroatoms. The lowest BCUT2D eigenvalue weighted by molar-refractivity contribution is -0.119. The Kier molecular flexibility index (Phi) is 7.24. The zero-order valence-corrected chi connectivity index (χ0v) is 18.7. The first-order chi connectivity index (χ1) is 14.4. The molecule has 2 aromatic carbocycles. The highest BCUT2D eigenvalue weighted by atomic mass is 35.5. The van der Waals surface area contributed by atoms with Gasteiger partial charge in [0.05, 0.1) is 5.69 Å². The number of para-hydroxylation sites is 1. The van der Waals surface area contributed by atoms with Crippen LogP contribution in [0.1, 0.15) is 40.3 Å². The van der Waals surface area contributed by atoms with E-state index >= 15 is 0 Å². The number of rotatable bonds is 7. The second-order valence-corrected chi connectivity index (χ2v) is 8.16. The minimum absolute atomic E-state index is 0.354. The number of hydrogen-bond donors (Lipinski definition) is 1. The highest BCUT2D eigenvalue weighted by Crippen LogP contribution is 2.29. The maximum absolute atomic E-state index is 12.5. The average Bonchev–Trinajstić information content (AvgIpc) is 3.14. The molecule has 1 heterocycles. The van der Waals surface area contributed by atoms with Gasteiger partial charge in [0.1, 0.15) is 9.88 Å². The second-order valence-electron chi connectivity index (χ2n) is 6.72. The van der Waals surface area contributed by atoms with Gasteiger partial charge in [0.25, 0.3) is 5.91 Å². The van der Waals surface area contributed by atoms with Gasteiger partial charge < -0.3 is 10.1 Å². The summed E-state index contributed by atoms with van der Waals surface area (Å²) in [7, 11) is 0. The number of nitrogens with one attached hydrogen (secondary N) is 1. The molecule has 0 unspecified atom stereocenters. The van der Waals surface area contributed by atoms with Crippen LogP contribution in [0.4, 0.5) is 5.69 Å². The molecule has 0 atom stereocenters. The predicted octanol–water partition coefficient (Wildman–Crippen LogP) is 5.69. The first kappa shape index (κ1) is 22.0. The van der Waals surface area contributed by atoms with Crippen LogP contribution in [0.5, 0.6) is 0 Å². The second kappa shape index (κ2) is 9.87. The van der Waals surface area contributed by atoms with Gasteiger partial charge in [-0.3, -0.25) is 4.79 Å². The molecule has 0 fully saturated rings. The van der Waals surface area contributed by atoms with E-state index in [-0.39, 0.29) is 12.5 Å². The molecule has 0 aliphatic carbocycles. The molecule has 1 aromatic heterocycles. The van der Waals surface area contributed by atoms with Crippen LogP contribution < -0.4 is 5.32 Å². The van der Waals surface area contributed by atoms with Crippen molar-refractivity contribution < 1.29 is 14.3 Å². The van der Waals surface area contributed by atoms with Gasteiger partial charge in [-0.05, 0) is 43.0 Å². The molecule has 5 nitrogen and oxygen atoms in total. The van der Waals surface area contributed by atoms with Gasteiger partial charge in [0, 0.05) is 16.3 Å². The zero-order chi connectivity index (χ0) is 21.7. The van der Waals surface area contributed by atoms with E-state index in [1.54, 1.807) is 19.1 Å². The highest BCUT2D eigenvalue weighted by molar-refractivity contribution is 7.17. The molecule has 1 N–H and O–H groups in total. The molecule has 3 aromatic rings. The van der Waals surface area contributed by atoms with Crippen molar-refractivity contribution in [1.29, 1.82) is 0 Å². The molecule has 0 bridgehead atoms. The maximum Gasteiger partial charge on any atom is 0.350 e. The Balaban J connectivity index is 1.66. The summed E-state index contributed by atoms with van der Waals surface area (Å²) < 4.78 is 5.26. The first-order valence-electron chi connectivity index (χ1n) is 9.74. The largest absolute Gasteiger partial charge is 0.451 e. The number of carbonyl (C=O) groups excluding carboxylic acids is 2. The van der Waals surface area contributed by atoms with E-state index in [1.807, 2.05) is 44.2 Å². The van der Waals surface area contributed by atoms with Crippen LogP contribution in [0.15, 0.2) is 42.5 Å². The fourth-order valence-corrected chi connectivity index (χ4v) is 4.17. The molecule has 0 aliphatic rings. The summed E-state index contributed by atoms with van der Waals surface area (Å²) in [5, 5.41) is 4.23. The van der Waals surface area contributed by atoms with E-state index in [2.05, 4.69) is 10.3 Å². The molecule has 156 valence electrons. The topological polar surface area (TPSA) is 68.3 Å². The number of nitrogens with zero attached hydrogens (tertiary/aromatic N) is 1. The van der Waals surface area contributed by atoms with Crippen molar-refractivity contribution >= 4 is 40.5 Å². The lowest BCUT2D eigenvalue weighted by Crippen LogP contribution is -2.22. The Bertz CT molecular complexity index is 1040. The summed E-state index contributed by atoms with van der Waals surface area (Å²) in [6.45, 7) is 5.47. The Morgan fingerprint density at radius 1 is 1.07 bits per heavy atom. The number of amides is 1. The molecule has 0 saturated carbocycles. The van der Waals surface area contributed by atoms with E-state index in [0.717, 1.165) is 35.2 Å². The summed E-state index contributed by atoms with van der Waals surface area (Å²) >= 11 is 7.16. The van der Waals surface area contributed by atoms with Crippen LogP contribution in [0.25, 0.3) is 10.6 Å². The highest BCUT2D eigenvalue weighted by Gasteiger charge is 2.19. The SMILES string of the molecule is CCc1cccc(CC)c1NC(=O)COC(=O)c1sc(-c2ccc(Cl)cc2)nc1C. The Labute approximate surface area is 185 Å². The van der Waals surface area contributed by atoms with E-state index < -0.39 is 5.97 Å². The third-order valence-corrected chi connectivity index (χ3v) is 6.11. The van der Waals surface area contributed by atoms with Crippen molar-refractivity contribution in [3.05, 3.63) is 69.2 Å². The predicted molar refractivity (Wildman–Crippen MR) is 121 cm³/mol. The minimum atomic E-state index is -0.556. The average molecular weight is 443 g/mol. The maximum atomic E-state index is 12.5. The van der Waals surface area contributed by atoms with Crippen molar-refractivity contribution in [2.75, 3.05) is 11.9 Å². The van der Waals surface area contributed by atoms with Crippen molar-refractivity contribution in [2.45, 2.75) is 33.6 Å². The molecular weight excluding hydrogens is 420 g/mol. The van der Waals surface area contributed by atoms with Crippen LogP contribution in [-0.2, 0) is 22.4 Å². The van der Waals surface area contributed by atoms with E-state index in [0.29, 0.717) is 20.6 Å². The van der Waals surface area contributed by atoms with Gasteiger partial charge in [0.2, 0.25) is 0 Å². The van der Waals surface area contributed by atoms with Gasteiger partial charge in [-0.25, -0.2) is 9.78 Å². The number of thiazole rings is 1. The molecule has 30 heavy (non-hydrogen) atoms. The number of aromatic nitrogens is 1. The number of ether oxygens (including phenoxy) is 1. The van der Waals surface area contributed by atoms with Gasteiger partial charge in [-0.1, -0.05) is 55.8 Å². The van der Waals surface area contributed by atoms with Crippen LogP contribution in [0.3, 0.4) is 0 Å². The van der Waals surface area contributed by atoms with Gasteiger partial charge in [-0.15, -0.1) is 11.3 Å². The van der Waals surface area contributed by atoms with Crippen molar-refractivity contribution in [2.24, 2.45) is 0 Å². The van der Waals surface area contributed by atoms with Crippen molar-refractivity contribution in [3.8, 4) is 10.6 Å². The third kappa shape index (κ3) is 5.07. The van der Waals surface area contributed by atoms with Crippen LogP contribution >= 0.6 is 22.9 Å². The van der Waals surface area contributed by atoms with Gasteiger partial charge >= 0.3 is 5.97 Å². The lowest BCUT2D eigenvalue weighted by atomic mass is 10.0. The summed E-state index contributed by atoms with van der Waals surface area (Å²) in [5.41, 5.74) is 4.36. The number of hydrogen-bond acceptors (Lipinski definition) is 5. The van der Waals surface area contributed by atoms with Crippen molar-refractivity contribution in [3.63, 3.8) is 0 Å². The quantitative estimate of drug-likeness (QED) is 0.477. The molecule has 1 amide bonds. The molecule has 0 radical (unpaired) electrons. The third-order valence-electron chi connectivity index (χ3n) is 4.67. The molecule has 3 rings (SSSR count). The number of halogens is 1. The van der Waals surface area contributed by atoms with Crippen molar-refractivity contribution in [1.82, 2.24) is 4.98 Å². The van der Waals surface area contributed by atoms with Crippen LogP contribution in [0, 0.1) is 6.92 Å². The number of benzene rings is 2.